The predicted octanol–water partition coefficient (Wildman–Crippen LogP) is 3.24. The maximum absolute atomic E-state index is 12.1. The number of carbonyl (C=O) groups is 1. The fourth-order valence-corrected chi connectivity index (χ4v) is 1.87. The van der Waals surface area contributed by atoms with Gasteiger partial charge in [-0.15, -0.1) is 0 Å². The van der Waals surface area contributed by atoms with E-state index in [-0.39, 0.29) is 5.78 Å². The van der Waals surface area contributed by atoms with Crippen LogP contribution in [0.5, 0.6) is 0 Å². The molecule has 0 spiro atoms. The van der Waals surface area contributed by atoms with Gasteiger partial charge in [-0.25, -0.2) is 0 Å². The summed E-state index contributed by atoms with van der Waals surface area (Å²) >= 11 is 6.03. The Labute approximate surface area is 107 Å². The van der Waals surface area contributed by atoms with Crippen LogP contribution in [-0.4, -0.2) is 13.6 Å². The smallest absolute Gasteiger partial charge is 0.193 e. The van der Waals surface area contributed by atoms with Gasteiger partial charge >= 0.3 is 0 Å². The van der Waals surface area contributed by atoms with Crippen LogP contribution in [0.1, 0.15) is 21.5 Å². The number of ketones is 1. The van der Waals surface area contributed by atoms with Gasteiger partial charge in [0.2, 0.25) is 0 Å². The fourth-order valence-electron chi connectivity index (χ4n) is 1.61. The molecule has 1 nitrogen and oxygen atoms in total. The maximum Gasteiger partial charge on any atom is 0.193 e. The van der Waals surface area contributed by atoms with E-state index in [1.54, 1.807) is 30.3 Å². The molecule has 0 aliphatic rings. The van der Waals surface area contributed by atoms with Gasteiger partial charge in [0.05, 0.1) is 7.85 Å². The van der Waals surface area contributed by atoms with E-state index < -0.39 is 0 Å². The summed E-state index contributed by atoms with van der Waals surface area (Å²) in [6.45, 7) is 0. The quantitative estimate of drug-likeness (QED) is 0.595. The van der Waals surface area contributed by atoms with Gasteiger partial charge in [0.25, 0.3) is 0 Å². The molecular weight excluding hydrogens is 230 g/mol. The number of carbonyl (C=O) groups excluding carboxylic acids is 1. The summed E-state index contributed by atoms with van der Waals surface area (Å²) in [5.74, 6) is -0.0314. The summed E-state index contributed by atoms with van der Waals surface area (Å²) in [7, 11) is 5.52. The van der Waals surface area contributed by atoms with Crippen molar-refractivity contribution in [1.29, 1.82) is 0 Å². The molecule has 82 valence electrons. The summed E-state index contributed by atoms with van der Waals surface area (Å²) in [6.07, 6.45) is 0.374. The fraction of sp³-hybridized carbons (Fsp3) is 0.0714. The number of halogens is 1. The van der Waals surface area contributed by atoms with E-state index >= 15 is 0 Å². The van der Waals surface area contributed by atoms with Crippen LogP contribution in [-0.2, 0) is 6.32 Å². The third kappa shape index (κ3) is 2.59. The third-order valence-electron chi connectivity index (χ3n) is 2.57. The molecule has 0 amide bonds. The molecule has 3 heteroatoms. The number of rotatable bonds is 3. The summed E-state index contributed by atoms with van der Waals surface area (Å²) in [5, 5.41) is 0.536. The average molecular weight is 240 g/mol. The van der Waals surface area contributed by atoms with Gasteiger partial charge in [0, 0.05) is 16.1 Å². The van der Waals surface area contributed by atoms with E-state index in [0.717, 1.165) is 5.56 Å². The van der Waals surface area contributed by atoms with Crippen LogP contribution in [0.3, 0.4) is 0 Å². The highest BCUT2D eigenvalue weighted by Gasteiger charge is 2.09. The second kappa shape index (κ2) is 5.20. The van der Waals surface area contributed by atoms with Crippen molar-refractivity contribution in [1.82, 2.24) is 0 Å². The van der Waals surface area contributed by atoms with Gasteiger partial charge in [-0.1, -0.05) is 60.4 Å². The van der Waals surface area contributed by atoms with Crippen molar-refractivity contribution in [2.45, 2.75) is 6.32 Å². The first-order valence-electron chi connectivity index (χ1n) is 5.30. The van der Waals surface area contributed by atoms with Gasteiger partial charge in [-0.05, 0) is 11.6 Å². The monoisotopic (exact) mass is 240 g/mol. The molecule has 17 heavy (non-hydrogen) atoms. The lowest BCUT2D eigenvalue weighted by molar-refractivity contribution is 0.103. The van der Waals surface area contributed by atoms with Crippen molar-refractivity contribution >= 4 is 25.2 Å². The Balaban J connectivity index is 2.35. The molecule has 0 unspecified atom stereocenters. The lowest BCUT2D eigenvalue weighted by Gasteiger charge is -2.05. The standard InChI is InChI=1S/C14H10BClO/c15-9-12-7-6-11(8-13(12)16)14(17)10-4-2-1-3-5-10/h1-8H,9H2. The van der Waals surface area contributed by atoms with Crippen LogP contribution < -0.4 is 0 Å². The molecule has 0 fully saturated rings. The summed E-state index contributed by atoms with van der Waals surface area (Å²) in [4.78, 5) is 12.1. The van der Waals surface area contributed by atoms with Crippen molar-refractivity contribution < 1.29 is 4.79 Å². The normalized spacial score (nSPS) is 10.2. The zero-order chi connectivity index (χ0) is 12.3. The minimum absolute atomic E-state index is 0.0314. The van der Waals surface area contributed by atoms with Crippen molar-refractivity contribution in [2.24, 2.45) is 0 Å². The van der Waals surface area contributed by atoms with Gasteiger partial charge in [0.1, 0.15) is 0 Å². The lowest BCUT2D eigenvalue weighted by Crippen LogP contribution is -2.01. The number of benzene rings is 2. The summed E-state index contributed by atoms with van der Waals surface area (Å²) < 4.78 is 0. The second-order valence-corrected chi connectivity index (χ2v) is 4.11. The van der Waals surface area contributed by atoms with Crippen LogP contribution in [0.2, 0.25) is 5.02 Å². The highest BCUT2D eigenvalue weighted by Crippen LogP contribution is 2.19. The van der Waals surface area contributed by atoms with Crippen LogP contribution in [0.25, 0.3) is 0 Å². The molecule has 0 heterocycles. The molecule has 0 aromatic heterocycles. The lowest BCUT2D eigenvalue weighted by atomic mass is 9.94. The van der Waals surface area contributed by atoms with Crippen LogP contribution in [0.15, 0.2) is 48.5 Å². The minimum atomic E-state index is -0.0314. The molecule has 2 aromatic carbocycles. The number of hydrogen-bond acceptors (Lipinski definition) is 1. The first-order chi connectivity index (χ1) is 8.22. The van der Waals surface area contributed by atoms with E-state index in [2.05, 4.69) is 0 Å². The zero-order valence-electron chi connectivity index (χ0n) is 9.19. The predicted molar refractivity (Wildman–Crippen MR) is 70.8 cm³/mol. The first kappa shape index (κ1) is 11.9. The van der Waals surface area contributed by atoms with E-state index in [1.165, 1.54) is 0 Å². The average Bonchev–Trinajstić information content (AvgIpc) is 2.39. The molecule has 0 saturated heterocycles. The molecule has 2 aromatic rings. The molecule has 0 saturated carbocycles. The van der Waals surface area contributed by atoms with Crippen LogP contribution in [0, 0.1) is 0 Å². The van der Waals surface area contributed by atoms with Gasteiger partial charge in [-0.2, -0.15) is 0 Å². The van der Waals surface area contributed by atoms with Crippen molar-refractivity contribution in [3.05, 3.63) is 70.2 Å². The van der Waals surface area contributed by atoms with Gasteiger partial charge in [-0.3, -0.25) is 4.79 Å². The molecule has 0 aliphatic carbocycles. The van der Waals surface area contributed by atoms with Crippen molar-refractivity contribution in [2.75, 3.05) is 0 Å². The zero-order valence-corrected chi connectivity index (χ0v) is 9.95. The molecule has 0 N–H and O–H groups in total. The van der Waals surface area contributed by atoms with Crippen molar-refractivity contribution in [3.63, 3.8) is 0 Å². The maximum atomic E-state index is 12.1. The van der Waals surface area contributed by atoms with Crippen molar-refractivity contribution in [3.8, 4) is 0 Å². The minimum Gasteiger partial charge on any atom is -0.289 e. The van der Waals surface area contributed by atoms with E-state index in [9.17, 15) is 4.79 Å². The summed E-state index contributed by atoms with van der Waals surface area (Å²) in [5.41, 5.74) is 2.08. The second-order valence-electron chi connectivity index (χ2n) is 3.71. The van der Waals surface area contributed by atoms with E-state index in [0.29, 0.717) is 22.5 Å². The van der Waals surface area contributed by atoms with Gasteiger partial charge in [0.15, 0.2) is 5.78 Å². The molecular formula is C14H10BClO. The molecule has 0 bridgehead atoms. The Morgan fingerprint density at radius 1 is 1.06 bits per heavy atom. The molecule has 2 radical (unpaired) electrons. The Hall–Kier alpha value is -1.54. The Kier molecular flexibility index (Phi) is 3.65. The Bertz CT molecular complexity index is 537. The Morgan fingerprint density at radius 3 is 2.35 bits per heavy atom. The topological polar surface area (TPSA) is 17.1 Å². The van der Waals surface area contributed by atoms with Gasteiger partial charge < -0.3 is 0 Å². The first-order valence-corrected chi connectivity index (χ1v) is 5.68. The third-order valence-corrected chi connectivity index (χ3v) is 2.92. The van der Waals surface area contributed by atoms with E-state index in [4.69, 9.17) is 19.4 Å². The Morgan fingerprint density at radius 2 is 1.76 bits per heavy atom. The van der Waals surface area contributed by atoms with Crippen LogP contribution in [0.4, 0.5) is 0 Å². The highest BCUT2D eigenvalue weighted by molar-refractivity contribution is 6.32. The largest absolute Gasteiger partial charge is 0.289 e. The molecule has 0 atom stereocenters. The molecule has 2 rings (SSSR count). The SMILES string of the molecule is [B]Cc1ccc(C(=O)c2ccccc2)cc1Cl. The molecule has 0 aliphatic heterocycles. The number of hydrogen-bond donors (Lipinski definition) is 0. The summed E-state index contributed by atoms with van der Waals surface area (Å²) in [6, 6.07) is 14.3. The van der Waals surface area contributed by atoms with Crippen LogP contribution >= 0.6 is 11.6 Å². The van der Waals surface area contributed by atoms with E-state index in [1.807, 2.05) is 18.2 Å². The highest BCUT2D eigenvalue weighted by atomic mass is 35.5.